The molecule has 15 heavy (non-hydrogen) atoms. The highest BCUT2D eigenvalue weighted by Crippen LogP contribution is 2.16. The molecular weight excluding hydrogens is 207 g/mol. The lowest BCUT2D eigenvalue weighted by Gasteiger charge is -2.09. The summed E-state index contributed by atoms with van der Waals surface area (Å²) in [7, 11) is 1.57. The summed E-state index contributed by atoms with van der Waals surface area (Å²) in [6, 6.07) is 6.64. The lowest BCUT2D eigenvalue weighted by atomic mass is 10.2. The van der Waals surface area contributed by atoms with Crippen molar-refractivity contribution >= 4 is 5.69 Å². The minimum absolute atomic E-state index is 0.451. The Labute approximate surface area is 86.1 Å². The Morgan fingerprint density at radius 3 is 2.27 bits per heavy atom. The normalized spacial score (nSPS) is 11.5. The van der Waals surface area contributed by atoms with Crippen molar-refractivity contribution in [1.82, 2.24) is 0 Å². The maximum Gasteiger partial charge on any atom is 0.405 e. The fourth-order valence-corrected chi connectivity index (χ4v) is 1.09. The summed E-state index contributed by atoms with van der Waals surface area (Å²) in [4.78, 5) is 0. The van der Waals surface area contributed by atoms with E-state index in [1.54, 1.807) is 31.4 Å². The van der Waals surface area contributed by atoms with E-state index >= 15 is 0 Å². The molecule has 5 heteroatoms. The van der Waals surface area contributed by atoms with Gasteiger partial charge in [0.25, 0.3) is 0 Å². The average molecular weight is 219 g/mol. The molecule has 1 aromatic rings. The molecule has 2 nitrogen and oxygen atoms in total. The summed E-state index contributed by atoms with van der Waals surface area (Å²) in [5, 5.41) is 2.29. The van der Waals surface area contributed by atoms with Crippen molar-refractivity contribution in [2.45, 2.75) is 12.8 Å². The Morgan fingerprint density at radius 2 is 1.80 bits per heavy atom. The molecule has 0 spiro atoms. The number of halogens is 3. The topological polar surface area (TPSA) is 21.3 Å². The maximum atomic E-state index is 11.9. The smallest absolute Gasteiger partial charge is 0.380 e. The molecule has 0 aromatic heterocycles. The number of hydrogen-bond donors (Lipinski definition) is 1. The standard InChI is InChI=1S/C10H12F3NO/c1-15-6-8-2-4-9(5-3-8)14-7-10(11,12)13/h2-5,14H,6-7H2,1H3. The minimum atomic E-state index is -4.19. The molecular formula is C10H12F3NO. The van der Waals surface area contributed by atoms with Gasteiger partial charge in [0, 0.05) is 12.8 Å². The fraction of sp³-hybridized carbons (Fsp3) is 0.400. The molecule has 0 bridgehead atoms. The van der Waals surface area contributed by atoms with Crippen molar-refractivity contribution in [3.8, 4) is 0 Å². The Kier molecular flexibility index (Phi) is 3.96. The monoisotopic (exact) mass is 219 g/mol. The number of benzene rings is 1. The van der Waals surface area contributed by atoms with Gasteiger partial charge >= 0.3 is 6.18 Å². The Balaban J connectivity index is 2.50. The van der Waals surface area contributed by atoms with Crippen LogP contribution in [0.4, 0.5) is 18.9 Å². The Morgan fingerprint density at radius 1 is 1.20 bits per heavy atom. The molecule has 1 rings (SSSR count). The number of rotatable bonds is 4. The van der Waals surface area contributed by atoms with Crippen molar-refractivity contribution in [2.75, 3.05) is 19.0 Å². The zero-order chi connectivity index (χ0) is 11.3. The zero-order valence-corrected chi connectivity index (χ0v) is 8.27. The van der Waals surface area contributed by atoms with Crippen molar-refractivity contribution in [1.29, 1.82) is 0 Å². The highest BCUT2D eigenvalue weighted by Gasteiger charge is 2.26. The molecule has 1 aromatic carbocycles. The lowest BCUT2D eigenvalue weighted by Crippen LogP contribution is -2.21. The van der Waals surface area contributed by atoms with Crippen LogP contribution in [-0.4, -0.2) is 19.8 Å². The third-order valence-electron chi connectivity index (χ3n) is 1.76. The quantitative estimate of drug-likeness (QED) is 0.840. The fourth-order valence-electron chi connectivity index (χ4n) is 1.09. The first-order valence-corrected chi connectivity index (χ1v) is 4.40. The van der Waals surface area contributed by atoms with Gasteiger partial charge in [-0.3, -0.25) is 0 Å². The van der Waals surface area contributed by atoms with Crippen LogP contribution in [0.2, 0.25) is 0 Å². The molecule has 0 amide bonds. The first-order valence-electron chi connectivity index (χ1n) is 4.40. The molecule has 0 atom stereocenters. The second-order valence-electron chi connectivity index (χ2n) is 3.10. The Hall–Kier alpha value is -1.23. The highest BCUT2D eigenvalue weighted by molar-refractivity contribution is 5.44. The molecule has 0 radical (unpaired) electrons. The van der Waals surface area contributed by atoms with Crippen LogP contribution in [0.5, 0.6) is 0 Å². The van der Waals surface area contributed by atoms with E-state index in [9.17, 15) is 13.2 Å². The molecule has 0 fully saturated rings. The van der Waals surface area contributed by atoms with Crippen molar-refractivity contribution in [2.24, 2.45) is 0 Å². The summed E-state index contributed by atoms with van der Waals surface area (Å²) >= 11 is 0. The Bertz CT molecular complexity index is 295. The average Bonchev–Trinajstić information content (AvgIpc) is 2.16. The van der Waals surface area contributed by atoms with E-state index in [-0.39, 0.29) is 0 Å². The summed E-state index contributed by atoms with van der Waals surface area (Å²) in [5.74, 6) is 0. The largest absolute Gasteiger partial charge is 0.405 e. The van der Waals surface area contributed by atoms with Gasteiger partial charge in [0.2, 0.25) is 0 Å². The molecule has 0 aliphatic heterocycles. The summed E-state index contributed by atoms with van der Waals surface area (Å²) < 4.78 is 40.5. The van der Waals surface area contributed by atoms with Gasteiger partial charge in [-0.05, 0) is 17.7 Å². The highest BCUT2D eigenvalue weighted by atomic mass is 19.4. The molecule has 0 aliphatic carbocycles. The van der Waals surface area contributed by atoms with Crippen LogP contribution in [0.15, 0.2) is 24.3 Å². The van der Waals surface area contributed by atoms with E-state index in [1.165, 1.54) is 0 Å². The number of anilines is 1. The summed E-state index contributed by atoms with van der Waals surface area (Å²) in [5.41, 5.74) is 1.38. The summed E-state index contributed by atoms with van der Waals surface area (Å²) in [6.07, 6.45) is -4.19. The van der Waals surface area contributed by atoms with Crippen molar-refractivity contribution in [3.05, 3.63) is 29.8 Å². The SMILES string of the molecule is COCc1ccc(NCC(F)(F)F)cc1. The molecule has 84 valence electrons. The van der Waals surface area contributed by atoms with Crippen LogP contribution < -0.4 is 5.32 Å². The van der Waals surface area contributed by atoms with Crippen molar-refractivity contribution in [3.63, 3.8) is 0 Å². The van der Waals surface area contributed by atoms with E-state index in [0.717, 1.165) is 5.56 Å². The van der Waals surface area contributed by atoms with Crippen LogP contribution in [-0.2, 0) is 11.3 Å². The van der Waals surface area contributed by atoms with E-state index in [1.807, 2.05) is 0 Å². The predicted molar refractivity (Wildman–Crippen MR) is 51.7 cm³/mol. The van der Waals surface area contributed by atoms with Crippen molar-refractivity contribution < 1.29 is 17.9 Å². The van der Waals surface area contributed by atoms with E-state index in [2.05, 4.69) is 5.32 Å². The van der Waals surface area contributed by atoms with Gasteiger partial charge in [-0.25, -0.2) is 0 Å². The zero-order valence-electron chi connectivity index (χ0n) is 8.27. The lowest BCUT2D eigenvalue weighted by molar-refractivity contribution is -0.115. The molecule has 0 aliphatic rings. The van der Waals surface area contributed by atoms with E-state index < -0.39 is 12.7 Å². The summed E-state index contributed by atoms with van der Waals surface area (Å²) in [6.45, 7) is -0.559. The van der Waals surface area contributed by atoms with E-state index in [4.69, 9.17) is 4.74 Å². The van der Waals surface area contributed by atoms with Gasteiger partial charge in [-0.1, -0.05) is 12.1 Å². The second-order valence-corrected chi connectivity index (χ2v) is 3.10. The molecule has 0 saturated carbocycles. The number of methoxy groups -OCH3 is 1. The number of alkyl halides is 3. The molecule has 0 saturated heterocycles. The predicted octanol–water partition coefficient (Wildman–Crippen LogP) is 2.81. The third-order valence-corrected chi connectivity index (χ3v) is 1.76. The molecule has 0 heterocycles. The number of ether oxygens (including phenoxy) is 1. The van der Waals surface area contributed by atoms with Crippen LogP contribution in [0, 0.1) is 0 Å². The first-order chi connectivity index (χ1) is 7.01. The van der Waals surface area contributed by atoms with Gasteiger partial charge < -0.3 is 10.1 Å². The third kappa shape index (κ3) is 4.69. The van der Waals surface area contributed by atoms with Crippen LogP contribution >= 0.6 is 0 Å². The van der Waals surface area contributed by atoms with Gasteiger partial charge in [0.05, 0.1) is 6.61 Å². The first kappa shape index (κ1) is 11.8. The van der Waals surface area contributed by atoms with Gasteiger partial charge in [0.1, 0.15) is 6.54 Å². The van der Waals surface area contributed by atoms with Crippen LogP contribution in [0.3, 0.4) is 0 Å². The van der Waals surface area contributed by atoms with E-state index in [0.29, 0.717) is 12.3 Å². The van der Waals surface area contributed by atoms with Gasteiger partial charge in [-0.2, -0.15) is 13.2 Å². The van der Waals surface area contributed by atoms with Gasteiger partial charge in [-0.15, -0.1) is 0 Å². The minimum Gasteiger partial charge on any atom is -0.380 e. The number of hydrogen-bond acceptors (Lipinski definition) is 2. The molecule has 1 N–H and O–H groups in total. The van der Waals surface area contributed by atoms with Crippen LogP contribution in [0.25, 0.3) is 0 Å². The number of nitrogens with one attached hydrogen (secondary N) is 1. The van der Waals surface area contributed by atoms with Crippen LogP contribution in [0.1, 0.15) is 5.56 Å². The second kappa shape index (κ2) is 5.02. The molecule has 0 unspecified atom stereocenters. The maximum absolute atomic E-state index is 11.9. The van der Waals surface area contributed by atoms with Gasteiger partial charge in [0.15, 0.2) is 0 Å².